The van der Waals surface area contributed by atoms with Crippen molar-refractivity contribution in [3.05, 3.63) is 16.1 Å². The maximum Gasteiger partial charge on any atom is 0.122 e. The van der Waals surface area contributed by atoms with Crippen LogP contribution >= 0.6 is 11.3 Å². The monoisotopic (exact) mass is 214 g/mol. The van der Waals surface area contributed by atoms with E-state index in [9.17, 15) is 0 Å². The Kier molecular flexibility index (Phi) is 3.64. The van der Waals surface area contributed by atoms with Gasteiger partial charge in [-0.2, -0.15) is 0 Å². The largest absolute Gasteiger partial charge is 0.375 e. The summed E-state index contributed by atoms with van der Waals surface area (Å²) in [5, 5.41) is 3.02. The molecule has 0 bridgehead atoms. The lowest BCUT2D eigenvalue weighted by Crippen LogP contribution is -2.32. The summed E-state index contributed by atoms with van der Waals surface area (Å²) in [5.74, 6) is 0. The molecule has 0 aliphatic heterocycles. The van der Waals surface area contributed by atoms with E-state index in [1.165, 1.54) is 0 Å². The zero-order chi connectivity index (χ0) is 10.8. The van der Waals surface area contributed by atoms with Crippen molar-refractivity contribution < 1.29 is 4.74 Å². The summed E-state index contributed by atoms with van der Waals surface area (Å²) in [4.78, 5) is 4.49. The molecule has 3 nitrogen and oxygen atoms in total. The van der Waals surface area contributed by atoms with Gasteiger partial charge >= 0.3 is 0 Å². The number of nitrogens with zero attached hydrogens (tertiary/aromatic N) is 1. The fourth-order valence-corrected chi connectivity index (χ4v) is 2.01. The van der Waals surface area contributed by atoms with Gasteiger partial charge in [0.1, 0.15) is 11.1 Å². The van der Waals surface area contributed by atoms with Gasteiger partial charge in [-0.3, -0.25) is 0 Å². The van der Waals surface area contributed by atoms with Crippen molar-refractivity contribution in [2.45, 2.75) is 38.8 Å². The predicted octanol–water partition coefficient (Wildman–Crippen LogP) is 2.43. The van der Waals surface area contributed by atoms with Gasteiger partial charge in [0, 0.05) is 12.5 Å². The van der Waals surface area contributed by atoms with E-state index in [2.05, 4.69) is 11.9 Å². The van der Waals surface area contributed by atoms with E-state index in [0.717, 1.165) is 17.1 Å². The number of thiazole rings is 1. The molecule has 0 spiro atoms. The fourth-order valence-electron chi connectivity index (χ4n) is 1.02. The number of methoxy groups -OCH3 is 1. The zero-order valence-electron chi connectivity index (χ0n) is 9.20. The van der Waals surface area contributed by atoms with Crippen molar-refractivity contribution in [1.29, 1.82) is 0 Å². The standard InChI is InChI=1S/C10H18N2OS/c1-5-10(3,11)8-6-14-9(12-8)7(2)13-4/h6-7H,5,11H2,1-4H3. The number of rotatable bonds is 4. The average molecular weight is 214 g/mol. The number of nitrogens with two attached hydrogens (primary N) is 1. The van der Waals surface area contributed by atoms with Gasteiger partial charge < -0.3 is 10.5 Å². The van der Waals surface area contributed by atoms with Crippen LogP contribution in [0.15, 0.2) is 5.38 Å². The topological polar surface area (TPSA) is 48.1 Å². The molecular formula is C10H18N2OS. The minimum Gasteiger partial charge on any atom is -0.375 e. The Morgan fingerprint density at radius 1 is 1.71 bits per heavy atom. The van der Waals surface area contributed by atoms with E-state index < -0.39 is 0 Å². The number of aromatic nitrogens is 1. The lowest BCUT2D eigenvalue weighted by molar-refractivity contribution is 0.119. The van der Waals surface area contributed by atoms with Crippen LogP contribution in [0.5, 0.6) is 0 Å². The number of hydrogen-bond donors (Lipinski definition) is 1. The Morgan fingerprint density at radius 2 is 2.36 bits per heavy atom. The summed E-state index contributed by atoms with van der Waals surface area (Å²) in [6.07, 6.45) is 0.943. The Morgan fingerprint density at radius 3 is 2.86 bits per heavy atom. The molecule has 2 atom stereocenters. The lowest BCUT2D eigenvalue weighted by atomic mass is 9.97. The normalized spacial score (nSPS) is 17.8. The maximum absolute atomic E-state index is 6.10. The smallest absolute Gasteiger partial charge is 0.122 e. The summed E-state index contributed by atoms with van der Waals surface area (Å²) in [6.45, 7) is 6.06. The van der Waals surface area contributed by atoms with Crippen molar-refractivity contribution in [3.8, 4) is 0 Å². The van der Waals surface area contributed by atoms with Gasteiger partial charge in [0.15, 0.2) is 0 Å². The third-order valence-corrected chi connectivity index (χ3v) is 3.55. The summed E-state index contributed by atoms with van der Waals surface area (Å²) in [5.41, 5.74) is 6.74. The van der Waals surface area contributed by atoms with Gasteiger partial charge in [0.2, 0.25) is 0 Å². The van der Waals surface area contributed by atoms with E-state index in [1.54, 1.807) is 18.4 Å². The van der Waals surface area contributed by atoms with Crippen LogP contribution in [0.1, 0.15) is 44.0 Å². The molecule has 0 aromatic carbocycles. The third-order valence-electron chi connectivity index (χ3n) is 2.54. The molecule has 1 heterocycles. The first-order chi connectivity index (χ1) is 6.51. The first-order valence-electron chi connectivity index (χ1n) is 4.79. The Hall–Kier alpha value is -0.450. The molecule has 1 aromatic heterocycles. The maximum atomic E-state index is 6.10. The van der Waals surface area contributed by atoms with Crippen LogP contribution in [0.4, 0.5) is 0 Å². The third kappa shape index (κ3) is 2.32. The quantitative estimate of drug-likeness (QED) is 0.837. The van der Waals surface area contributed by atoms with Crippen molar-refractivity contribution in [2.24, 2.45) is 5.73 Å². The molecule has 0 aliphatic carbocycles. The minimum atomic E-state index is -0.317. The first kappa shape index (κ1) is 11.6. The highest BCUT2D eigenvalue weighted by atomic mass is 32.1. The molecule has 0 saturated carbocycles. The SMILES string of the molecule is CCC(C)(N)c1csc(C(C)OC)n1. The second-order valence-electron chi connectivity index (χ2n) is 3.72. The zero-order valence-corrected chi connectivity index (χ0v) is 10.0. The second kappa shape index (κ2) is 4.38. The molecule has 0 radical (unpaired) electrons. The molecule has 1 aromatic rings. The van der Waals surface area contributed by atoms with Crippen LogP contribution in [-0.4, -0.2) is 12.1 Å². The van der Waals surface area contributed by atoms with Gasteiger partial charge in [-0.05, 0) is 20.3 Å². The Balaban J connectivity index is 2.88. The average Bonchev–Trinajstić information content (AvgIpc) is 2.66. The van der Waals surface area contributed by atoms with Crippen LogP contribution in [0, 0.1) is 0 Å². The Bertz CT molecular complexity index is 296. The Labute approximate surface area is 89.3 Å². The molecule has 0 amide bonds. The summed E-state index contributed by atoms with van der Waals surface area (Å²) >= 11 is 1.61. The molecule has 0 fully saturated rings. The van der Waals surface area contributed by atoms with Gasteiger partial charge in [0.25, 0.3) is 0 Å². The van der Waals surface area contributed by atoms with E-state index in [-0.39, 0.29) is 11.6 Å². The van der Waals surface area contributed by atoms with Gasteiger partial charge in [-0.15, -0.1) is 11.3 Å². The van der Waals surface area contributed by atoms with Crippen molar-refractivity contribution in [2.75, 3.05) is 7.11 Å². The number of hydrogen-bond acceptors (Lipinski definition) is 4. The molecule has 1 rings (SSSR count). The lowest BCUT2D eigenvalue weighted by Gasteiger charge is -2.19. The fraction of sp³-hybridized carbons (Fsp3) is 0.700. The molecule has 0 aliphatic rings. The van der Waals surface area contributed by atoms with E-state index in [4.69, 9.17) is 10.5 Å². The van der Waals surface area contributed by atoms with Gasteiger partial charge in [0.05, 0.1) is 11.2 Å². The van der Waals surface area contributed by atoms with Crippen LogP contribution in [0.25, 0.3) is 0 Å². The van der Waals surface area contributed by atoms with E-state index in [0.29, 0.717) is 0 Å². The first-order valence-corrected chi connectivity index (χ1v) is 5.66. The van der Waals surface area contributed by atoms with Crippen molar-refractivity contribution >= 4 is 11.3 Å². The molecule has 14 heavy (non-hydrogen) atoms. The van der Waals surface area contributed by atoms with Crippen LogP contribution in [0.3, 0.4) is 0 Å². The molecular weight excluding hydrogens is 196 g/mol. The molecule has 4 heteroatoms. The van der Waals surface area contributed by atoms with Crippen LogP contribution in [0.2, 0.25) is 0 Å². The molecule has 2 unspecified atom stereocenters. The van der Waals surface area contributed by atoms with E-state index in [1.807, 2.05) is 19.2 Å². The highest BCUT2D eigenvalue weighted by Crippen LogP contribution is 2.27. The molecule has 80 valence electrons. The second-order valence-corrected chi connectivity index (χ2v) is 4.61. The van der Waals surface area contributed by atoms with Crippen LogP contribution in [-0.2, 0) is 10.3 Å². The number of ether oxygens (including phenoxy) is 1. The van der Waals surface area contributed by atoms with Crippen molar-refractivity contribution in [1.82, 2.24) is 4.98 Å². The summed E-state index contributed by atoms with van der Waals surface area (Å²) < 4.78 is 5.20. The minimum absolute atomic E-state index is 0.0569. The van der Waals surface area contributed by atoms with Gasteiger partial charge in [-0.1, -0.05) is 6.92 Å². The van der Waals surface area contributed by atoms with Crippen molar-refractivity contribution in [3.63, 3.8) is 0 Å². The summed E-state index contributed by atoms with van der Waals surface area (Å²) in [6, 6.07) is 0. The predicted molar refractivity (Wildman–Crippen MR) is 59.4 cm³/mol. The summed E-state index contributed by atoms with van der Waals surface area (Å²) in [7, 11) is 1.69. The highest BCUT2D eigenvalue weighted by molar-refractivity contribution is 7.09. The highest BCUT2D eigenvalue weighted by Gasteiger charge is 2.22. The van der Waals surface area contributed by atoms with E-state index >= 15 is 0 Å². The molecule has 2 N–H and O–H groups in total. The van der Waals surface area contributed by atoms with Crippen LogP contribution < -0.4 is 5.73 Å². The molecule has 0 saturated heterocycles. The van der Waals surface area contributed by atoms with Gasteiger partial charge in [-0.25, -0.2) is 4.98 Å².